The highest BCUT2D eigenvalue weighted by Gasteiger charge is 2.54. The van der Waals surface area contributed by atoms with Gasteiger partial charge in [-0.2, -0.15) is 0 Å². The SMILES string of the molecule is O=C1CCOC[C@H]1[C@]1(O)C(=O)Nc2ccccc21. The van der Waals surface area contributed by atoms with E-state index in [1.807, 2.05) is 0 Å². The standard InChI is InChI=1S/C13H13NO4/c15-11-5-6-18-7-9(11)13(17)8-3-1-2-4-10(8)14-12(13)16/h1-4,9,17H,5-7H2,(H,14,16)/t9-,13+/m1/s1. The molecule has 0 spiro atoms. The zero-order valence-corrected chi connectivity index (χ0v) is 9.68. The maximum absolute atomic E-state index is 12.0. The van der Waals surface area contributed by atoms with Crippen LogP contribution in [0.15, 0.2) is 24.3 Å². The summed E-state index contributed by atoms with van der Waals surface area (Å²) in [6.07, 6.45) is 0.239. The van der Waals surface area contributed by atoms with Crippen molar-refractivity contribution in [1.29, 1.82) is 0 Å². The van der Waals surface area contributed by atoms with Gasteiger partial charge in [0.05, 0.1) is 19.1 Å². The van der Waals surface area contributed by atoms with Crippen LogP contribution in [0.1, 0.15) is 12.0 Å². The van der Waals surface area contributed by atoms with E-state index in [0.29, 0.717) is 17.9 Å². The lowest BCUT2D eigenvalue weighted by Gasteiger charge is -2.32. The molecule has 1 saturated heterocycles. The Balaban J connectivity index is 2.08. The number of carbonyl (C=O) groups excluding carboxylic acids is 2. The van der Waals surface area contributed by atoms with E-state index in [2.05, 4.69) is 5.32 Å². The summed E-state index contributed by atoms with van der Waals surface area (Å²) in [7, 11) is 0. The number of benzene rings is 1. The van der Waals surface area contributed by atoms with Crippen molar-refractivity contribution in [3.63, 3.8) is 0 Å². The predicted molar refractivity (Wildman–Crippen MR) is 62.9 cm³/mol. The number of ether oxygens (including phenoxy) is 1. The lowest BCUT2D eigenvalue weighted by molar-refractivity contribution is -0.157. The van der Waals surface area contributed by atoms with E-state index in [1.165, 1.54) is 0 Å². The number of carbonyl (C=O) groups is 2. The summed E-state index contributed by atoms with van der Waals surface area (Å²) in [6.45, 7) is 0.436. The summed E-state index contributed by atoms with van der Waals surface area (Å²) in [6, 6.07) is 6.87. The summed E-state index contributed by atoms with van der Waals surface area (Å²) in [5, 5.41) is 13.3. The van der Waals surface area contributed by atoms with E-state index in [0.717, 1.165) is 0 Å². The van der Waals surface area contributed by atoms with Crippen LogP contribution in [0.2, 0.25) is 0 Å². The topological polar surface area (TPSA) is 75.6 Å². The van der Waals surface area contributed by atoms with Gasteiger partial charge in [-0.3, -0.25) is 9.59 Å². The molecule has 2 N–H and O–H groups in total. The van der Waals surface area contributed by atoms with Crippen LogP contribution >= 0.6 is 0 Å². The second-order valence-electron chi connectivity index (χ2n) is 4.61. The van der Waals surface area contributed by atoms with Crippen molar-refractivity contribution in [2.24, 2.45) is 5.92 Å². The molecular weight excluding hydrogens is 234 g/mol. The molecule has 18 heavy (non-hydrogen) atoms. The zero-order chi connectivity index (χ0) is 12.8. The van der Waals surface area contributed by atoms with Gasteiger partial charge in [-0.05, 0) is 6.07 Å². The molecule has 0 aromatic heterocycles. The average molecular weight is 247 g/mol. The minimum atomic E-state index is -1.80. The molecule has 2 atom stereocenters. The lowest BCUT2D eigenvalue weighted by Crippen LogP contribution is -2.49. The van der Waals surface area contributed by atoms with Crippen molar-refractivity contribution in [3.8, 4) is 0 Å². The quantitative estimate of drug-likeness (QED) is 0.754. The molecule has 1 aromatic rings. The van der Waals surface area contributed by atoms with Gasteiger partial charge in [0.2, 0.25) is 0 Å². The first-order valence-corrected chi connectivity index (χ1v) is 5.88. The molecule has 2 aliphatic rings. The number of anilines is 1. The summed E-state index contributed by atoms with van der Waals surface area (Å²) in [4.78, 5) is 24.0. The second kappa shape index (κ2) is 3.90. The number of amides is 1. The number of rotatable bonds is 1. The maximum atomic E-state index is 12.0. The Morgan fingerprint density at radius 1 is 1.33 bits per heavy atom. The number of hydrogen-bond donors (Lipinski definition) is 2. The molecule has 0 unspecified atom stereocenters. The van der Waals surface area contributed by atoms with Crippen LogP contribution < -0.4 is 5.32 Å². The number of Topliss-reactive ketones (excluding diaryl/α,β-unsaturated/α-hetero) is 1. The van der Waals surface area contributed by atoms with Crippen molar-refractivity contribution in [1.82, 2.24) is 0 Å². The summed E-state index contributed by atoms with van der Waals surface area (Å²) >= 11 is 0. The van der Waals surface area contributed by atoms with E-state index in [4.69, 9.17) is 4.74 Å². The molecule has 1 aromatic carbocycles. The third-order valence-electron chi connectivity index (χ3n) is 3.60. The highest BCUT2D eigenvalue weighted by Crippen LogP contribution is 2.42. The molecule has 2 aliphatic heterocycles. The second-order valence-corrected chi connectivity index (χ2v) is 4.61. The average Bonchev–Trinajstić information content (AvgIpc) is 2.63. The van der Waals surface area contributed by atoms with Crippen molar-refractivity contribution < 1.29 is 19.4 Å². The molecule has 0 saturated carbocycles. The predicted octanol–water partition coefficient (Wildman–Crippen LogP) is 0.432. The van der Waals surface area contributed by atoms with Crippen molar-refractivity contribution in [2.45, 2.75) is 12.0 Å². The van der Waals surface area contributed by atoms with E-state index in [-0.39, 0.29) is 18.8 Å². The smallest absolute Gasteiger partial charge is 0.261 e. The van der Waals surface area contributed by atoms with Crippen LogP contribution in [0.3, 0.4) is 0 Å². The normalized spacial score (nSPS) is 31.1. The van der Waals surface area contributed by atoms with Gasteiger partial charge in [0.1, 0.15) is 5.78 Å². The Morgan fingerprint density at radius 2 is 2.11 bits per heavy atom. The van der Waals surface area contributed by atoms with Gasteiger partial charge in [0.15, 0.2) is 5.60 Å². The fourth-order valence-corrected chi connectivity index (χ4v) is 2.61. The Labute approximate surface area is 104 Å². The van der Waals surface area contributed by atoms with Crippen molar-refractivity contribution in [2.75, 3.05) is 18.5 Å². The third-order valence-corrected chi connectivity index (χ3v) is 3.60. The third kappa shape index (κ3) is 1.41. The molecule has 1 amide bonds. The van der Waals surface area contributed by atoms with Crippen molar-refractivity contribution in [3.05, 3.63) is 29.8 Å². The van der Waals surface area contributed by atoms with E-state index < -0.39 is 17.4 Å². The Kier molecular flexibility index (Phi) is 2.46. The molecule has 5 heteroatoms. The molecule has 0 aliphatic carbocycles. The lowest BCUT2D eigenvalue weighted by atomic mass is 9.78. The first-order chi connectivity index (χ1) is 8.64. The van der Waals surface area contributed by atoms with Crippen LogP contribution in [0.25, 0.3) is 0 Å². The molecule has 1 fully saturated rings. The van der Waals surface area contributed by atoms with Crippen molar-refractivity contribution >= 4 is 17.4 Å². The Hall–Kier alpha value is -1.72. The minimum absolute atomic E-state index is 0.0804. The molecule has 2 heterocycles. The van der Waals surface area contributed by atoms with Gasteiger partial charge in [-0.15, -0.1) is 0 Å². The molecule has 0 bridgehead atoms. The van der Waals surface area contributed by atoms with Crippen LogP contribution in [-0.4, -0.2) is 30.0 Å². The molecule has 5 nitrogen and oxygen atoms in total. The fraction of sp³-hybridized carbons (Fsp3) is 0.385. The van der Waals surface area contributed by atoms with E-state index >= 15 is 0 Å². The first-order valence-electron chi connectivity index (χ1n) is 5.88. The van der Waals surface area contributed by atoms with E-state index in [1.54, 1.807) is 24.3 Å². The first kappa shape index (κ1) is 11.4. The Bertz CT molecular complexity index is 527. The number of para-hydroxylation sites is 1. The van der Waals surface area contributed by atoms with Crippen LogP contribution in [0.5, 0.6) is 0 Å². The number of hydrogen-bond acceptors (Lipinski definition) is 4. The number of nitrogens with one attached hydrogen (secondary N) is 1. The van der Waals surface area contributed by atoms with Crippen LogP contribution in [0.4, 0.5) is 5.69 Å². The maximum Gasteiger partial charge on any atom is 0.261 e. The highest BCUT2D eigenvalue weighted by molar-refractivity contribution is 6.08. The van der Waals surface area contributed by atoms with Crippen LogP contribution in [0, 0.1) is 5.92 Å². The van der Waals surface area contributed by atoms with Gasteiger partial charge in [-0.1, -0.05) is 18.2 Å². The van der Waals surface area contributed by atoms with Gasteiger partial charge in [-0.25, -0.2) is 0 Å². The molecule has 3 rings (SSSR count). The van der Waals surface area contributed by atoms with Gasteiger partial charge >= 0.3 is 0 Å². The molecule has 94 valence electrons. The zero-order valence-electron chi connectivity index (χ0n) is 9.68. The number of aliphatic hydroxyl groups is 1. The van der Waals surface area contributed by atoms with Gasteiger partial charge in [0.25, 0.3) is 5.91 Å². The summed E-state index contributed by atoms with van der Waals surface area (Å²) < 4.78 is 5.23. The fourth-order valence-electron chi connectivity index (χ4n) is 2.61. The minimum Gasteiger partial charge on any atom is -0.380 e. The number of ketones is 1. The monoisotopic (exact) mass is 247 g/mol. The number of fused-ring (bicyclic) bond motifs is 1. The largest absolute Gasteiger partial charge is 0.380 e. The molecule has 0 radical (unpaired) electrons. The Morgan fingerprint density at radius 3 is 2.89 bits per heavy atom. The molecular formula is C13H13NO4. The summed E-state index contributed by atoms with van der Waals surface area (Å²) in [5.41, 5.74) is -0.782. The highest BCUT2D eigenvalue weighted by atomic mass is 16.5. The van der Waals surface area contributed by atoms with Crippen LogP contribution in [-0.2, 0) is 19.9 Å². The summed E-state index contributed by atoms with van der Waals surface area (Å²) in [5.74, 6) is -1.50. The van der Waals surface area contributed by atoms with Gasteiger partial charge < -0.3 is 15.2 Å². The van der Waals surface area contributed by atoms with E-state index in [9.17, 15) is 14.7 Å². The van der Waals surface area contributed by atoms with Gasteiger partial charge in [0, 0.05) is 17.7 Å².